The van der Waals surface area contributed by atoms with Crippen molar-refractivity contribution in [1.82, 2.24) is 20.4 Å². The number of fused-ring (bicyclic) bond motifs is 1. The summed E-state index contributed by atoms with van der Waals surface area (Å²) < 4.78 is 17.5. The highest BCUT2D eigenvalue weighted by Gasteiger charge is 2.34. The number of hydrogen-bond acceptors (Lipinski definition) is 7. The van der Waals surface area contributed by atoms with E-state index < -0.39 is 23.9 Å². The molecule has 1 saturated heterocycles. The van der Waals surface area contributed by atoms with E-state index >= 15 is 0 Å². The van der Waals surface area contributed by atoms with Gasteiger partial charge in [0.05, 0.1) is 32.2 Å². The highest BCUT2D eigenvalue weighted by atomic mass is 16.5. The zero-order valence-electron chi connectivity index (χ0n) is 28.2. The lowest BCUT2D eigenvalue weighted by Crippen LogP contribution is -2.55. The van der Waals surface area contributed by atoms with Crippen LogP contribution in [0.2, 0.25) is 0 Å². The molecule has 0 aliphatic carbocycles. The molecule has 2 aliphatic heterocycles. The van der Waals surface area contributed by atoms with Crippen molar-refractivity contribution in [2.75, 3.05) is 46.5 Å². The van der Waals surface area contributed by atoms with Gasteiger partial charge in [-0.05, 0) is 55.9 Å². The predicted molar refractivity (Wildman–Crippen MR) is 178 cm³/mol. The molecule has 0 radical (unpaired) electrons. The molecule has 0 bridgehead atoms. The van der Waals surface area contributed by atoms with Gasteiger partial charge in [-0.25, -0.2) is 0 Å². The topological polar surface area (TPSA) is 127 Å². The largest absolute Gasteiger partial charge is 0.493 e. The van der Waals surface area contributed by atoms with Gasteiger partial charge < -0.3 is 34.6 Å². The second-order valence-electron chi connectivity index (χ2n) is 12.8. The zero-order valence-corrected chi connectivity index (χ0v) is 28.2. The second-order valence-corrected chi connectivity index (χ2v) is 12.8. The van der Waals surface area contributed by atoms with E-state index in [9.17, 15) is 19.2 Å². The Morgan fingerprint density at radius 2 is 1.77 bits per heavy atom. The minimum atomic E-state index is -1.14. The number of amides is 4. The number of nitrogens with zero attached hydrogens (tertiary/aromatic N) is 2. The molecule has 0 aromatic heterocycles. The molecule has 2 aromatic carbocycles. The molecule has 0 saturated carbocycles. The van der Waals surface area contributed by atoms with Crippen LogP contribution in [0.4, 0.5) is 0 Å². The monoisotopic (exact) mass is 650 g/mol. The van der Waals surface area contributed by atoms with Crippen LogP contribution in [0.25, 0.3) is 0 Å². The number of benzene rings is 2. The summed E-state index contributed by atoms with van der Waals surface area (Å²) in [6, 6.07) is 12.3. The van der Waals surface area contributed by atoms with Crippen molar-refractivity contribution in [2.24, 2.45) is 11.8 Å². The van der Waals surface area contributed by atoms with Crippen molar-refractivity contribution in [2.45, 2.75) is 71.4 Å². The summed E-state index contributed by atoms with van der Waals surface area (Å²) >= 11 is 0. The van der Waals surface area contributed by atoms with E-state index in [1.54, 1.807) is 41.2 Å². The SMILES string of the molecule is CCCCN1CCOc2ccccc2C(=O)N[C@H](C(=O)N2CCCC(COc3ccccc3OC)C2)CC(=O)N[C@@H](CC(C)C)C1=O. The van der Waals surface area contributed by atoms with Gasteiger partial charge >= 0.3 is 0 Å². The van der Waals surface area contributed by atoms with E-state index in [1.165, 1.54) is 0 Å². The Balaban J connectivity index is 1.56. The third-order valence-electron chi connectivity index (χ3n) is 8.55. The summed E-state index contributed by atoms with van der Waals surface area (Å²) in [6.45, 7) is 8.39. The Bertz CT molecular complexity index is 1370. The smallest absolute Gasteiger partial charge is 0.255 e. The maximum atomic E-state index is 14.1. The number of nitrogens with one attached hydrogen (secondary N) is 2. The lowest BCUT2D eigenvalue weighted by molar-refractivity contribution is -0.139. The van der Waals surface area contributed by atoms with Gasteiger partial charge in [0, 0.05) is 25.6 Å². The average Bonchev–Trinajstić information content (AvgIpc) is 3.07. The van der Waals surface area contributed by atoms with Gasteiger partial charge in [-0.15, -0.1) is 0 Å². The van der Waals surface area contributed by atoms with Gasteiger partial charge in [0.2, 0.25) is 17.7 Å². The zero-order chi connectivity index (χ0) is 33.8. The van der Waals surface area contributed by atoms with Crippen LogP contribution < -0.4 is 24.8 Å². The minimum absolute atomic E-state index is 0.0527. The van der Waals surface area contributed by atoms with Crippen molar-refractivity contribution >= 4 is 23.6 Å². The van der Waals surface area contributed by atoms with Crippen molar-refractivity contribution < 1.29 is 33.4 Å². The number of piperidine rings is 1. The van der Waals surface area contributed by atoms with Crippen LogP contribution in [0.5, 0.6) is 17.2 Å². The van der Waals surface area contributed by atoms with Crippen LogP contribution in [0.3, 0.4) is 0 Å². The molecule has 11 heteroatoms. The quantitative estimate of drug-likeness (QED) is 0.397. The Labute approximate surface area is 278 Å². The predicted octanol–water partition coefficient (Wildman–Crippen LogP) is 4.05. The lowest BCUT2D eigenvalue weighted by Gasteiger charge is -2.35. The Hall–Kier alpha value is -4.28. The van der Waals surface area contributed by atoms with Crippen LogP contribution in [-0.4, -0.2) is 92.0 Å². The number of methoxy groups -OCH3 is 1. The third kappa shape index (κ3) is 10.1. The Morgan fingerprint density at radius 1 is 1.02 bits per heavy atom. The van der Waals surface area contributed by atoms with Crippen molar-refractivity contribution in [3.05, 3.63) is 54.1 Å². The summed E-state index contributed by atoms with van der Waals surface area (Å²) in [6.07, 6.45) is 3.49. The van der Waals surface area contributed by atoms with Gasteiger partial charge in [-0.1, -0.05) is 51.5 Å². The third-order valence-corrected chi connectivity index (χ3v) is 8.55. The summed E-state index contributed by atoms with van der Waals surface area (Å²) in [5.74, 6) is 0.321. The lowest BCUT2D eigenvalue weighted by atomic mass is 9.97. The molecule has 47 heavy (non-hydrogen) atoms. The number of para-hydroxylation sites is 3. The molecule has 2 aliphatic rings. The first kappa shape index (κ1) is 35.6. The minimum Gasteiger partial charge on any atom is -0.493 e. The highest BCUT2D eigenvalue weighted by Crippen LogP contribution is 2.28. The molecule has 0 spiro atoms. The van der Waals surface area contributed by atoms with E-state index in [-0.39, 0.29) is 42.2 Å². The Morgan fingerprint density at radius 3 is 2.51 bits per heavy atom. The summed E-state index contributed by atoms with van der Waals surface area (Å²) in [4.78, 5) is 58.5. The standard InChI is InChI=1S/C36H50N4O7/c1-5-6-17-39-19-20-46-30-14-8-7-13-27(30)34(42)38-29(22-33(41)37-28(35(39)43)21-25(2)3)36(44)40-18-11-12-26(23-40)24-47-32-16-10-9-15-31(32)45-4/h7-10,13-16,25-26,28-29H,5-6,11-12,17-24H2,1-4H3,(H,37,41)(H,38,42)/t26?,28-,29-/m0/s1. The fraction of sp³-hybridized carbons (Fsp3) is 0.556. The van der Waals surface area contributed by atoms with E-state index in [0.29, 0.717) is 56.5 Å². The number of likely N-dealkylation sites (tertiary alicyclic amines) is 1. The van der Waals surface area contributed by atoms with Crippen molar-refractivity contribution in [3.63, 3.8) is 0 Å². The number of ether oxygens (including phenoxy) is 3. The van der Waals surface area contributed by atoms with Crippen LogP contribution in [0.15, 0.2) is 48.5 Å². The number of carbonyl (C=O) groups is 4. The van der Waals surface area contributed by atoms with Gasteiger partial charge in [0.1, 0.15) is 24.4 Å². The Kier molecular flexibility index (Phi) is 13.3. The molecule has 1 fully saturated rings. The maximum Gasteiger partial charge on any atom is 0.255 e. The molecule has 2 N–H and O–H groups in total. The van der Waals surface area contributed by atoms with Gasteiger partial charge in [0.25, 0.3) is 5.91 Å². The number of unbranched alkanes of at least 4 members (excludes halogenated alkanes) is 1. The second kappa shape index (κ2) is 17.6. The maximum absolute atomic E-state index is 14.1. The average molecular weight is 651 g/mol. The normalized spacial score (nSPS) is 21.2. The first-order valence-electron chi connectivity index (χ1n) is 16.9. The molecule has 4 amide bonds. The van der Waals surface area contributed by atoms with Gasteiger partial charge in [-0.3, -0.25) is 19.2 Å². The fourth-order valence-electron chi connectivity index (χ4n) is 6.08. The van der Waals surface area contributed by atoms with E-state index in [4.69, 9.17) is 14.2 Å². The number of rotatable bonds is 10. The number of hydrogen-bond donors (Lipinski definition) is 2. The first-order valence-corrected chi connectivity index (χ1v) is 16.9. The number of carbonyl (C=O) groups excluding carboxylic acids is 4. The van der Waals surface area contributed by atoms with E-state index in [0.717, 1.165) is 25.7 Å². The molecule has 1 unspecified atom stereocenters. The summed E-state index contributed by atoms with van der Waals surface area (Å²) in [5, 5.41) is 5.75. The van der Waals surface area contributed by atoms with Gasteiger partial charge in [0.15, 0.2) is 11.5 Å². The van der Waals surface area contributed by atoms with E-state index in [1.807, 2.05) is 38.1 Å². The highest BCUT2D eigenvalue weighted by molar-refractivity contribution is 6.01. The molecule has 4 rings (SSSR count). The molecule has 256 valence electrons. The van der Waals surface area contributed by atoms with Crippen molar-refractivity contribution in [1.29, 1.82) is 0 Å². The van der Waals surface area contributed by atoms with Crippen LogP contribution in [-0.2, 0) is 14.4 Å². The molecule has 11 nitrogen and oxygen atoms in total. The molecule has 3 atom stereocenters. The molecule has 2 heterocycles. The fourth-order valence-corrected chi connectivity index (χ4v) is 6.08. The molecular formula is C36H50N4O7. The van der Waals surface area contributed by atoms with Crippen LogP contribution >= 0.6 is 0 Å². The molecule has 2 aromatic rings. The first-order chi connectivity index (χ1) is 22.7. The summed E-state index contributed by atoms with van der Waals surface area (Å²) in [7, 11) is 1.59. The van der Waals surface area contributed by atoms with Crippen LogP contribution in [0.1, 0.15) is 69.7 Å². The summed E-state index contributed by atoms with van der Waals surface area (Å²) in [5.41, 5.74) is 0.258. The molecular weight excluding hydrogens is 600 g/mol. The van der Waals surface area contributed by atoms with Gasteiger partial charge in [-0.2, -0.15) is 0 Å². The van der Waals surface area contributed by atoms with E-state index in [2.05, 4.69) is 17.6 Å². The van der Waals surface area contributed by atoms with Crippen LogP contribution in [0, 0.1) is 11.8 Å². The van der Waals surface area contributed by atoms with Crippen molar-refractivity contribution in [3.8, 4) is 17.2 Å².